The zero-order chi connectivity index (χ0) is 28.1. The highest BCUT2D eigenvalue weighted by molar-refractivity contribution is 7.90. The fourth-order valence-electron chi connectivity index (χ4n) is 5.96. The summed E-state index contributed by atoms with van der Waals surface area (Å²) in [4.78, 5) is 25.8. The fraction of sp³-hybridized carbons (Fsp3) is 0.519. The van der Waals surface area contributed by atoms with Gasteiger partial charge in [-0.15, -0.1) is 0 Å². The zero-order valence-corrected chi connectivity index (χ0v) is 22.5. The maximum absolute atomic E-state index is 13.0. The van der Waals surface area contributed by atoms with Gasteiger partial charge in [0.2, 0.25) is 10.0 Å². The van der Waals surface area contributed by atoms with E-state index in [9.17, 15) is 26.4 Å². The number of piperidine rings is 1. The Labute approximate surface area is 229 Å². The second-order valence-corrected chi connectivity index (χ2v) is 12.7. The Bertz CT molecular complexity index is 1490. The minimum absolute atomic E-state index is 0.00702. The van der Waals surface area contributed by atoms with Crippen LogP contribution < -0.4 is 4.90 Å². The molecule has 1 aliphatic carbocycles. The molecule has 2 saturated heterocycles. The van der Waals surface area contributed by atoms with Gasteiger partial charge in [-0.05, 0) is 68.9 Å². The maximum Gasteiger partial charge on any atom is 0.416 e. The molecule has 0 spiro atoms. The molecule has 3 aromatic rings. The molecule has 1 saturated carbocycles. The van der Waals surface area contributed by atoms with E-state index >= 15 is 0 Å². The molecule has 0 unspecified atom stereocenters. The third kappa shape index (κ3) is 5.59. The summed E-state index contributed by atoms with van der Waals surface area (Å²) in [5.74, 6) is 0.682. The van der Waals surface area contributed by atoms with Crippen molar-refractivity contribution in [3.63, 3.8) is 0 Å². The SMILES string of the molecule is O=C1CN(C2CCC(OC3CCN(c4ccc(-c5nc6ccc(C(F)(F)F)cc6[nH]5)cn4)CC3)CC2)S(=O)(=O)C1. The second-order valence-electron chi connectivity index (χ2n) is 10.8. The first-order chi connectivity index (χ1) is 19.0. The highest BCUT2D eigenvalue weighted by atomic mass is 32.2. The van der Waals surface area contributed by atoms with E-state index in [-0.39, 0.29) is 36.3 Å². The number of pyridine rings is 1. The minimum Gasteiger partial charge on any atom is -0.375 e. The molecule has 0 bridgehead atoms. The number of fused-ring (bicyclic) bond motifs is 1. The molecule has 1 N–H and O–H groups in total. The Morgan fingerprint density at radius 2 is 1.70 bits per heavy atom. The number of aromatic nitrogens is 3. The number of benzene rings is 1. The van der Waals surface area contributed by atoms with Crippen LogP contribution in [0.15, 0.2) is 36.5 Å². The monoisotopic (exact) mass is 577 g/mol. The van der Waals surface area contributed by atoms with Gasteiger partial charge in [0.15, 0.2) is 5.78 Å². The first-order valence-corrected chi connectivity index (χ1v) is 15.1. The molecule has 0 atom stereocenters. The number of anilines is 1. The molecule has 2 aromatic heterocycles. The van der Waals surface area contributed by atoms with E-state index in [2.05, 4.69) is 19.9 Å². The standard InChI is InChI=1S/C27H30F3N5O4S/c28-27(29,30)18-2-7-23-24(13-18)33-26(32-23)17-1-8-25(31-14-17)34-11-9-22(10-12-34)39-21-5-3-19(4-6-21)35-15-20(36)16-40(35,37)38/h1-2,7-8,13-14,19,21-22H,3-6,9-12,15-16H2,(H,32,33). The van der Waals surface area contributed by atoms with Crippen LogP contribution in [-0.4, -0.2) is 77.1 Å². The number of halogens is 3. The largest absolute Gasteiger partial charge is 0.416 e. The fourth-order valence-corrected chi connectivity index (χ4v) is 7.63. The lowest BCUT2D eigenvalue weighted by atomic mass is 9.92. The van der Waals surface area contributed by atoms with Gasteiger partial charge in [-0.25, -0.2) is 18.4 Å². The Morgan fingerprint density at radius 3 is 2.33 bits per heavy atom. The van der Waals surface area contributed by atoms with Crippen LogP contribution in [-0.2, 0) is 25.7 Å². The number of H-pyrrole nitrogens is 1. The number of imidazole rings is 1. The average molecular weight is 578 g/mol. The average Bonchev–Trinajstić information content (AvgIpc) is 3.48. The number of sulfonamides is 1. The molecular weight excluding hydrogens is 547 g/mol. The predicted octanol–water partition coefficient (Wildman–Crippen LogP) is 4.15. The van der Waals surface area contributed by atoms with Gasteiger partial charge in [-0.1, -0.05) is 0 Å². The number of Topliss-reactive ketones (excluding diaryl/α,β-unsaturated/α-hetero) is 1. The first-order valence-electron chi connectivity index (χ1n) is 13.5. The van der Waals surface area contributed by atoms with Crippen LogP contribution >= 0.6 is 0 Å². The number of alkyl halides is 3. The molecule has 2 aliphatic heterocycles. The van der Waals surface area contributed by atoms with Crippen LogP contribution in [0.5, 0.6) is 0 Å². The number of nitrogens with one attached hydrogen (secondary N) is 1. The molecule has 0 amide bonds. The number of carbonyl (C=O) groups is 1. The predicted molar refractivity (Wildman–Crippen MR) is 142 cm³/mol. The molecule has 1 aromatic carbocycles. The summed E-state index contributed by atoms with van der Waals surface area (Å²) in [6, 6.07) is 7.09. The molecular formula is C27H30F3N5O4S. The summed E-state index contributed by atoms with van der Waals surface area (Å²) in [5, 5.41) is 0. The van der Waals surface area contributed by atoms with Crippen molar-refractivity contribution in [3.05, 3.63) is 42.1 Å². The zero-order valence-electron chi connectivity index (χ0n) is 21.7. The molecule has 0 radical (unpaired) electrons. The number of ketones is 1. The van der Waals surface area contributed by atoms with Gasteiger partial charge in [0, 0.05) is 30.9 Å². The van der Waals surface area contributed by atoms with E-state index in [4.69, 9.17) is 4.74 Å². The number of nitrogens with zero attached hydrogens (tertiary/aromatic N) is 4. The summed E-state index contributed by atoms with van der Waals surface area (Å²) >= 11 is 0. The van der Waals surface area contributed by atoms with E-state index in [1.807, 2.05) is 12.1 Å². The molecule has 6 rings (SSSR count). The van der Waals surface area contributed by atoms with Crippen LogP contribution in [0.1, 0.15) is 44.1 Å². The lowest BCUT2D eigenvalue weighted by Crippen LogP contribution is -2.43. The van der Waals surface area contributed by atoms with Crippen molar-refractivity contribution in [2.24, 2.45) is 0 Å². The quantitative estimate of drug-likeness (QED) is 0.485. The van der Waals surface area contributed by atoms with Gasteiger partial charge in [0.05, 0.1) is 35.3 Å². The molecule has 9 nitrogen and oxygen atoms in total. The summed E-state index contributed by atoms with van der Waals surface area (Å²) in [6.45, 7) is 1.57. The van der Waals surface area contributed by atoms with E-state index in [0.717, 1.165) is 56.7 Å². The molecule has 3 aliphatic rings. The van der Waals surface area contributed by atoms with Gasteiger partial charge in [0.25, 0.3) is 0 Å². The van der Waals surface area contributed by atoms with Crippen LogP contribution in [0.2, 0.25) is 0 Å². The highest BCUT2D eigenvalue weighted by Gasteiger charge is 2.41. The van der Waals surface area contributed by atoms with Crippen LogP contribution in [0.4, 0.5) is 19.0 Å². The third-order valence-corrected chi connectivity index (χ3v) is 9.89. The Hall–Kier alpha value is -3.03. The summed E-state index contributed by atoms with van der Waals surface area (Å²) in [6.07, 6.45) is 2.18. The van der Waals surface area contributed by atoms with Crippen molar-refractivity contribution in [1.82, 2.24) is 19.3 Å². The number of ether oxygens (including phenoxy) is 1. The Kier molecular flexibility index (Phi) is 7.07. The summed E-state index contributed by atoms with van der Waals surface area (Å²) in [5.41, 5.74) is 0.742. The number of hydrogen-bond acceptors (Lipinski definition) is 7. The number of rotatable bonds is 5. The normalized spacial score (nSPS) is 24.7. The van der Waals surface area contributed by atoms with Gasteiger partial charge < -0.3 is 14.6 Å². The smallest absolute Gasteiger partial charge is 0.375 e. The lowest BCUT2D eigenvalue weighted by Gasteiger charge is -2.37. The molecule has 214 valence electrons. The van der Waals surface area contributed by atoms with E-state index in [1.165, 1.54) is 10.4 Å². The van der Waals surface area contributed by atoms with Crippen molar-refractivity contribution in [2.75, 3.05) is 30.3 Å². The van der Waals surface area contributed by atoms with Crippen LogP contribution in [0, 0.1) is 0 Å². The lowest BCUT2D eigenvalue weighted by molar-refractivity contribution is -0.137. The van der Waals surface area contributed by atoms with Crippen molar-refractivity contribution in [1.29, 1.82) is 0 Å². The molecule has 13 heteroatoms. The molecule has 40 heavy (non-hydrogen) atoms. The first kappa shape index (κ1) is 27.2. The number of carbonyl (C=O) groups excluding carboxylic acids is 1. The van der Waals surface area contributed by atoms with Crippen molar-refractivity contribution in [2.45, 2.75) is 63.0 Å². The topological polar surface area (TPSA) is 108 Å². The van der Waals surface area contributed by atoms with Gasteiger partial charge in [-0.2, -0.15) is 17.5 Å². The second kappa shape index (κ2) is 10.4. The minimum atomic E-state index is -4.41. The van der Waals surface area contributed by atoms with E-state index < -0.39 is 21.8 Å². The third-order valence-electron chi connectivity index (χ3n) is 8.07. The Morgan fingerprint density at radius 1 is 0.975 bits per heavy atom. The van der Waals surface area contributed by atoms with Crippen molar-refractivity contribution >= 4 is 32.7 Å². The number of hydrogen-bond donors (Lipinski definition) is 1. The van der Waals surface area contributed by atoms with Gasteiger partial charge >= 0.3 is 6.18 Å². The highest BCUT2D eigenvalue weighted by Crippen LogP contribution is 2.33. The van der Waals surface area contributed by atoms with Crippen molar-refractivity contribution in [3.8, 4) is 11.4 Å². The van der Waals surface area contributed by atoms with Gasteiger partial charge in [-0.3, -0.25) is 4.79 Å². The summed E-state index contributed by atoms with van der Waals surface area (Å²) < 4.78 is 71.3. The molecule has 3 fully saturated rings. The summed E-state index contributed by atoms with van der Waals surface area (Å²) in [7, 11) is -3.46. The molecule has 4 heterocycles. The number of aromatic amines is 1. The van der Waals surface area contributed by atoms with E-state index in [1.54, 1.807) is 6.20 Å². The van der Waals surface area contributed by atoms with Crippen LogP contribution in [0.25, 0.3) is 22.4 Å². The van der Waals surface area contributed by atoms with Crippen molar-refractivity contribution < 1.29 is 31.1 Å². The van der Waals surface area contributed by atoms with E-state index in [0.29, 0.717) is 35.3 Å². The Balaban J connectivity index is 1.00. The van der Waals surface area contributed by atoms with Gasteiger partial charge in [0.1, 0.15) is 17.4 Å². The maximum atomic E-state index is 13.0. The van der Waals surface area contributed by atoms with Crippen LogP contribution in [0.3, 0.4) is 0 Å².